The van der Waals surface area contributed by atoms with Crippen LogP contribution in [0.4, 0.5) is 11.5 Å². The Morgan fingerprint density at radius 1 is 1.71 bits per heavy atom. The van der Waals surface area contributed by atoms with Gasteiger partial charge in [-0.2, -0.15) is 0 Å². The molecule has 2 rings (SSSR count). The second kappa shape index (κ2) is 4.67. The zero-order chi connectivity index (χ0) is 12.4. The molecule has 1 atom stereocenters. The van der Waals surface area contributed by atoms with Gasteiger partial charge in [-0.05, 0) is 24.8 Å². The third-order valence-electron chi connectivity index (χ3n) is 3.20. The van der Waals surface area contributed by atoms with Crippen molar-refractivity contribution in [3.63, 3.8) is 0 Å². The Balaban J connectivity index is 2.28. The van der Waals surface area contributed by atoms with Crippen LogP contribution in [0.5, 0.6) is 0 Å². The summed E-state index contributed by atoms with van der Waals surface area (Å²) in [6.45, 7) is 0.495. The lowest BCUT2D eigenvalue weighted by Gasteiger charge is -2.27. The van der Waals surface area contributed by atoms with Gasteiger partial charge in [-0.1, -0.05) is 0 Å². The van der Waals surface area contributed by atoms with Crippen molar-refractivity contribution in [1.29, 1.82) is 0 Å². The van der Waals surface area contributed by atoms with Gasteiger partial charge in [0.2, 0.25) is 5.82 Å². The standard InChI is InChI=1S/C11H16N4O2/c1-14(10(7-12)8-4-5-8)11-9(15(16)17)3-2-6-13-11/h2-3,6,8,10H,4-5,7,12H2,1H3. The summed E-state index contributed by atoms with van der Waals surface area (Å²) in [5, 5.41) is 10.9. The predicted molar refractivity (Wildman–Crippen MR) is 64.9 cm³/mol. The van der Waals surface area contributed by atoms with E-state index in [1.807, 2.05) is 11.9 Å². The number of hydrogen-bond donors (Lipinski definition) is 1. The third-order valence-corrected chi connectivity index (χ3v) is 3.20. The molecule has 6 heteroatoms. The van der Waals surface area contributed by atoms with Crippen LogP contribution in [0.1, 0.15) is 12.8 Å². The normalized spacial score (nSPS) is 16.6. The predicted octanol–water partition coefficient (Wildman–Crippen LogP) is 1.16. The molecule has 0 aliphatic heterocycles. The quantitative estimate of drug-likeness (QED) is 0.612. The van der Waals surface area contributed by atoms with E-state index >= 15 is 0 Å². The molecule has 92 valence electrons. The first kappa shape index (κ1) is 11.8. The summed E-state index contributed by atoms with van der Waals surface area (Å²) < 4.78 is 0. The van der Waals surface area contributed by atoms with Crippen LogP contribution in [0.25, 0.3) is 0 Å². The molecular formula is C11H16N4O2. The minimum atomic E-state index is -0.403. The van der Waals surface area contributed by atoms with Gasteiger partial charge in [-0.25, -0.2) is 4.98 Å². The molecule has 2 N–H and O–H groups in total. The molecule has 1 saturated carbocycles. The Bertz CT molecular complexity index is 420. The molecule has 0 saturated heterocycles. The van der Waals surface area contributed by atoms with Crippen molar-refractivity contribution >= 4 is 11.5 Å². The highest BCUT2D eigenvalue weighted by Gasteiger charge is 2.35. The molecule has 1 aliphatic rings. The number of rotatable bonds is 5. The maximum absolute atomic E-state index is 10.9. The maximum Gasteiger partial charge on any atom is 0.311 e. The molecule has 0 amide bonds. The molecule has 1 aromatic heterocycles. The minimum absolute atomic E-state index is 0.0362. The summed E-state index contributed by atoms with van der Waals surface area (Å²) in [4.78, 5) is 16.5. The van der Waals surface area contributed by atoms with Gasteiger partial charge in [0.05, 0.1) is 4.92 Å². The van der Waals surface area contributed by atoms with E-state index in [4.69, 9.17) is 5.73 Å². The molecule has 1 aliphatic carbocycles. The van der Waals surface area contributed by atoms with Crippen LogP contribution in [-0.2, 0) is 0 Å². The van der Waals surface area contributed by atoms with Crippen molar-refractivity contribution in [3.8, 4) is 0 Å². The first-order chi connectivity index (χ1) is 8.15. The van der Waals surface area contributed by atoms with Gasteiger partial charge in [0.15, 0.2) is 0 Å². The molecule has 1 fully saturated rings. The lowest BCUT2D eigenvalue weighted by atomic mass is 10.1. The largest absolute Gasteiger partial charge is 0.349 e. The van der Waals surface area contributed by atoms with Gasteiger partial charge >= 0.3 is 5.69 Å². The van der Waals surface area contributed by atoms with Crippen molar-refractivity contribution in [2.24, 2.45) is 11.7 Å². The van der Waals surface area contributed by atoms with Gasteiger partial charge in [-0.15, -0.1) is 0 Å². The van der Waals surface area contributed by atoms with Crippen molar-refractivity contribution in [2.45, 2.75) is 18.9 Å². The lowest BCUT2D eigenvalue weighted by molar-refractivity contribution is -0.384. The number of pyridine rings is 1. The van der Waals surface area contributed by atoms with Gasteiger partial charge in [0, 0.05) is 31.9 Å². The lowest BCUT2D eigenvalue weighted by Crippen LogP contribution is -2.40. The SMILES string of the molecule is CN(c1ncccc1[N+](=O)[O-])C(CN)C1CC1. The average Bonchev–Trinajstić information content (AvgIpc) is 3.14. The molecule has 0 aromatic carbocycles. The number of nitrogens with two attached hydrogens (primary N) is 1. The number of anilines is 1. The van der Waals surface area contributed by atoms with Crippen molar-refractivity contribution in [2.75, 3.05) is 18.5 Å². The molecule has 0 bridgehead atoms. The van der Waals surface area contributed by atoms with Gasteiger partial charge in [0.25, 0.3) is 0 Å². The van der Waals surface area contributed by atoms with Gasteiger partial charge in [0.1, 0.15) is 0 Å². The Kier molecular flexibility index (Phi) is 3.23. The van der Waals surface area contributed by atoms with Crippen LogP contribution in [0.2, 0.25) is 0 Å². The van der Waals surface area contributed by atoms with E-state index in [1.54, 1.807) is 12.3 Å². The smallest absolute Gasteiger partial charge is 0.311 e. The van der Waals surface area contributed by atoms with Crippen molar-refractivity contribution in [1.82, 2.24) is 4.98 Å². The molecule has 17 heavy (non-hydrogen) atoms. The second-order valence-corrected chi connectivity index (χ2v) is 4.35. The van der Waals surface area contributed by atoms with Crippen LogP contribution in [0.15, 0.2) is 18.3 Å². The van der Waals surface area contributed by atoms with Crippen LogP contribution in [0, 0.1) is 16.0 Å². The van der Waals surface area contributed by atoms with E-state index in [9.17, 15) is 10.1 Å². The minimum Gasteiger partial charge on any atom is -0.349 e. The zero-order valence-electron chi connectivity index (χ0n) is 9.74. The molecule has 1 aromatic rings. The van der Waals surface area contributed by atoms with Crippen LogP contribution < -0.4 is 10.6 Å². The fourth-order valence-electron chi connectivity index (χ4n) is 2.11. The fourth-order valence-corrected chi connectivity index (χ4v) is 2.11. The summed E-state index contributed by atoms with van der Waals surface area (Å²) in [5.41, 5.74) is 5.78. The van der Waals surface area contributed by atoms with E-state index in [0.29, 0.717) is 18.3 Å². The zero-order valence-corrected chi connectivity index (χ0v) is 9.74. The number of nitro groups is 1. The van der Waals surface area contributed by atoms with Crippen LogP contribution >= 0.6 is 0 Å². The third kappa shape index (κ3) is 2.36. The Labute approximate surface area is 99.6 Å². The summed E-state index contributed by atoms with van der Waals surface area (Å²) in [6.07, 6.45) is 3.86. The number of likely N-dealkylation sites (N-methyl/N-ethyl adjacent to an activating group) is 1. The summed E-state index contributed by atoms with van der Waals surface area (Å²) in [6, 6.07) is 3.19. The summed E-state index contributed by atoms with van der Waals surface area (Å²) in [7, 11) is 1.82. The van der Waals surface area contributed by atoms with Crippen molar-refractivity contribution < 1.29 is 4.92 Å². The Hall–Kier alpha value is -1.69. The maximum atomic E-state index is 10.9. The highest BCUT2D eigenvalue weighted by molar-refractivity contribution is 5.57. The van der Waals surface area contributed by atoms with E-state index in [1.165, 1.54) is 6.07 Å². The van der Waals surface area contributed by atoms with Gasteiger partial charge < -0.3 is 10.6 Å². The van der Waals surface area contributed by atoms with Gasteiger partial charge in [-0.3, -0.25) is 10.1 Å². The average molecular weight is 236 g/mol. The number of nitrogens with zero attached hydrogens (tertiary/aromatic N) is 3. The molecule has 6 nitrogen and oxygen atoms in total. The fraction of sp³-hybridized carbons (Fsp3) is 0.545. The summed E-state index contributed by atoms with van der Waals surface area (Å²) in [5.74, 6) is 0.950. The molecule has 0 spiro atoms. The molecule has 1 unspecified atom stereocenters. The number of aromatic nitrogens is 1. The van der Waals surface area contributed by atoms with E-state index in [2.05, 4.69) is 4.98 Å². The Morgan fingerprint density at radius 3 is 2.94 bits per heavy atom. The highest BCUT2D eigenvalue weighted by atomic mass is 16.6. The van der Waals surface area contributed by atoms with Crippen LogP contribution in [-0.4, -0.2) is 29.5 Å². The van der Waals surface area contributed by atoms with E-state index in [0.717, 1.165) is 12.8 Å². The summed E-state index contributed by atoms with van der Waals surface area (Å²) >= 11 is 0. The monoisotopic (exact) mass is 236 g/mol. The topological polar surface area (TPSA) is 85.3 Å². The number of hydrogen-bond acceptors (Lipinski definition) is 5. The Morgan fingerprint density at radius 2 is 2.41 bits per heavy atom. The molecular weight excluding hydrogens is 220 g/mol. The molecule has 0 radical (unpaired) electrons. The molecule has 1 heterocycles. The van der Waals surface area contributed by atoms with Crippen LogP contribution in [0.3, 0.4) is 0 Å². The highest BCUT2D eigenvalue weighted by Crippen LogP contribution is 2.37. The first-order valence-corrected chi connectivity index (χ1v) is 5.67. The van der Waals surface area contributed by atoms with E-state index < -0.39 is 4.92 Å². The first-order valence-electron chi connectivity index (χ1n) is 5.67. The second-order valence-electron chi connectivity index (χ2n) is 4.35. The van der Waals surface area contributed by atoms with Crippen molar-refractivity contribution in [3.05, 3.63) is 28.4 Å². The van der Waals surface area contributed by atoms with E-state index in [-0.39, 0.29) is 11.7 Å².